The van der Waals surface area contributed by atoms with E-state index in [-0.39, 0.29) is 17.4 Å². The SMILES string of the molecule is NC(=O)c1nc(C2CCCCC2)oc1C(N)=O. The van der Waals surface area contributed by atoms with E-state index < -0.39 is 11.8 Å². The maximum Gasteiger partial charge on any atom is 0.287 e. The van der Waals surface area contributed by atoms with Crippen molar-refractivity contribution in [2.75, 3.05) is 0 Å². The van der Waals surface area contributed by atoms with Crippen molar-refractivity contribution < 1.29 is 14.0 Å². The molecule has 0 bridgehead atoms. The van der Waals surface area contributed by atoms with Crippen molar-refractivity contribution in [3.63, 3.8) is 0 Å². The average Bonchev–Trinajstić information content (AvgIpc) is 2.75. The number of rotatable bonds is 3. The van der Waals surface area contributed by atoms with Gasteiger partial charge in [0.25, 0.3) is 11.8 Å². The van der Waals surface area contributed by atoms with Gasteiger partial charge < -0.3 is 15.9 Å². The smallest absolute Gasteiger partial charge is 0.287 e. The molecule has 0 atom stereocenters. The monoisotopic (exact) mass is 237 g/mol. The Morgan fingerprint density at radius 2 is 1.76 bits per heavy atom. The van der Waals surface area contributed by atoms with Gasteiger partial charge in [0.2, 0.25) is 5.76 Å². The first-order valence-electron chi connectivity index (χ1n) is 5.70. The lowest BCUT2D eigenvalue weighted by Crippen LogP contribution is -2.19. The molecule has 0 aliphatic heterocycles. The molecular formula is C11H15N3O3. The van der Waals surface area contributed by atoms with Gasteiger partial charge in [-0.3, -0.25) is 9.59 Å². The minimum Gasteiger partial charge on any atom is -0.434 e. The molecule has 0 saturated heterocycles. The van der Waals surface area contributed by atoms with E-state index in [1.165, 1.54) is 6.42 Å². The van der Waals surface area contributed by atoms with E-state index in [4.69, 9.17) is 15.9 Å². The second-order valence-electron chi connectivity index (χ2n) is 4.29. The van der Waals surface area contributed by atoms with Gasteiger partial charge in [-0.1, -0.05) is 19.3 Å². The molecule has 1 heterocycles. The molecule has 6 nitrogen and oxygen atoms in total. The minimum atomic E-state index is -0.812. The average molecular weight is 237 g/mol. The molecule has 1 saturated carbocycles. The van der Waals surface area contributed by atoms with Crippen LogP contribution in [0.3, 0.4) is 0 Å². The third-order valence-corrected chi connectivity index (χ3v) is 3.06. The molecule has 1 fully saturated rings. The van der Waals surface area contributed by atoms with Gasteiger partial charge in [-0.15, -0.1) is 0 Å². The molecule has 0 spiro atoms. The molecule has 1 aromatic rings. The van der Waals surface area contributed by atoms with Crippen molar-refractivity contribution in [2.45, 2.75) is 38.0 Å². The summed E-state index contributed by atoms with van der Waals surface area (Å²) in [5.41, 5.74) is 10.1. The van der Waals surface area contributed by atoms with Gasteiger partial charge in [0.15, 0.2) is 11.6 Å². The van der Waals surface area contributed by atoms with Gasteiger partial charge in [0, 0.05) is 5.92 Å². The molecule has 0 aromatic carbocycles. The fourth-order valence-corrected chi connectivity index (χ4v) is 2.19. The highest BCUT2D eigenvalue weighted by molar-refractivity contribution is 6.02. The van der Waals surface area contributed by atoms with Gasteiger partial charge in [0.1, 0.15) is 0 Å². The Kier molecular flexibility index (Phi) is 3.12. The molecule has 1 aliphatic carbocycles. The van der Waals surface area contributed by atoms with Crippen LogP contribution in [0.15, 0.2) is 4.42 Å². The number of carbonyl (C=O) groups is 2. The first-order chi connectivity index (χ1) is 8.09. The highest BCUT2D eigenvalue weighted by atomic mass is 16.4. The summed E-state index contributed by atoms with van der Waals surface area (Å²) < 4.78 is 5.29. The number of aromatic nitrogens is 1. The molecule has 4 N–H and O–H groups in total. The first kappa shape index (κ1) is 11.6. The van der Waals surface area contributed by atoms with E-state index in [0.717, 1.165) is 25.7 Å². The summed E-state index contributed by atoms with van der Waals surface area (Å²) in [6.45, 7) is 0. The van der Waals surface area contributed by atoms with E-state index in [2.05, 4.69) is 4.98 Å². The van der Waals surface area contributed by atoms with Gasteiger partial charge in [-0.2, -0.15) is 0 Å². The van der Waals surface area contributed by atoms with Crippen LogP contribution in [-0.2, 0) is 0 Å². The summed E-state index contributed by atoms with van der Waals surface area (Å²) in [4.78, 5) is 26.2. The lowest BCUT2D eigenvalue weighted by molar-refractivity contribution is 0.0944. The molecule has 2 rings (SSSR count). The molecule has 92 valence electrons. The fraction of sp³-hybridized carbons (Fsp3) is 0.545. The van der Waals surface area contributed by atoms with Crippen LogP contribution < -0.4 is 11.5 Å². The number of hydrogen-bond donors (Lipinski definition) is 2. The topological polar surface area (TPSA) is 112 Å². The Bertz CT molecular complexity index is 415. The van der Waals surface area contributed by atoms with Gasteiger partial charge in [-0.25, -0.2) is 4.98 Å². The van der Waals surface area contributed by atoms with Crippen LogP contribution in [-0.4, -0.2) is 16.8 Å². The number of amides is 2. The summed E-state index contributed by atoms with van der Waals surface area (Å²) in [7, 11) is 0. The maximum absolute atomic E-state index is 11.1. The van der Waals surface area contributed by atoms with Crippen molar-refractivity contribution in [1.29, 1.82) is 0 Å². The van der Waals surface area contributed by atoms with E-state index >= 15 is 0 Å². The van der Waals surface area contributed by atoms with Crippen molar-refractivity contribution in [1.82, 2.24) is 4.98 Å². The molecule has 17 heavy (non-hydrogen) atoms. The van der Waals surface area contributed by atoms with Crippen molar-refractivity contribution >= 4 is 11.8 Å². The van der Waals surface area contributed by atoms with Crippen LogP contribution in [0.1, 0.15) is 65.0 Å². The Balaban J connectivity index is 2.32. The normalized spacial score (nSPS) is 16.9. The summed E-state index contributed by atoms with van der Waals surface area (Å²) in [5.74, 6) is -1.25. The number of primary amides is 2. The molecule has 0 unspecified atom stereocenters. The van der Waals surface area contributed by atoms with Crippen molar-refractivity contribution in [3.8, 4) is 0 Å². The first-order valence-corrected chi connectivity index (χ1v) is 5.70. The zero-order chi connectivity index (χ0) is 12.4. The number of carbonyl (C=O) groups excluding carboxylic acids is 2. The second-order valence-corrected chi connectivity index (χ2v) is 4.29. The molecular weight excluding hydrogens is 222 g/mol. The highest BCUT2D eigenvalue weighted by Gasteiger charge is 2.27. The molecule has 1 aliphatic rings. The predicted molar refractivity (Wildman–Crippen MR) is 59.4 cm³/mol. The molecule has 6 heteroatoms. The molecule has 2 amide bonds. The zero-order valence-electron chi connectivity index (χ0n) is 9.44. The Morgan fingerprint density at radius 3 is 2.24 bits per heavy atom. The van der Waals surface area contributed by atoms with Crippen molar-refractivity contribution in [3.05, 3.63) is 17.3 Å². The number of hydrogen-bond acceptors (Lipinski definition) is 4. The number of nitrogens with zero attached hydrogens (tertiary/aromatic N) is 1. The minimum absolute atomic E-state index is 0.155. The highest BCUT2D eigenvalue weighted by Crippen LogP contribution is 2.32. The van der Waals surface area contributed by atoms with E-state index in [1.807, 2.05) is 0 Å². The van der Waals surface area contributed by atoms with Gasteiger partial charge >= 0.3 is 0 Å². The standard InChI is InChI=1S/C11H15N3O3/c12-9(15)7-8(10(13)16)17-11(14-7)6-4-2-1-3-5-6/h6H,1-5H2,(H2,12,15)(H2,13,16). The Labute approximate surface area is 98.4 Å². The maximum atomic E-state index is 11.1. The van der Waals surface area contributed by atoms with Crippen LogP contribution in [0.4, 0.5) is 0 Å². The third-order valence-electron chi connectivity index (χ3n) is 3.06. The number of nitrogens with two attached hydrogens (primary N) is 2. The largest absolute Gasteiger partial charge is 0.434 e. The predicted octanol–water partition coefficient (Wildman–Crippen LogP) is 0.920. The lowest BCUT2D eigenvalue weighted by atomic mass is 9.89. The summed E-state index contributed by atoms with van der Waals surface area (Å²) in [6, 6.07) is 0. The summed E-state index contributed by atoms with van der Waals surface area (Å²) >= 11 is 0. The fourth-order valence-electron chi connectivity index (χ4n) is 2.19. The van der Waals surface area contributed by atoms with Crippen LogP contribution in [0.2, 0.25) is 0 Å². The second kappa shape index (κ2) is 4.57. The van der Waals surface area contributed by atoms with Gasteiger partial charge in [-0.05, 0) is 12.8 Å². The van der Waals surface area contributed by atoms with Gasteiger partial charge in [0.05, 0.1) is 0 Å². The van der Waals surface area contributed by atoms with Crippen molar-refractivity contribution in [2.24, 2.45) is 11.5 Å². The molecule has 1 aromatic heterocycles. The van der Waals surface area contributed by atoms with Crippen LogP contribution >= 0.6 is 0 Å². The van der Waals surface area contributed by atoms with E-state index in [9.17, 15) is 9.59 Å². The Hall–Kier alpha value is -1.85. The lowest BCUT2D eigenvalue weighted by Gasteiger charge is -2.17. The van der Waals surface area contributed by atoms with Crippen LogP contribution in [0, 0.1) is 0 Å². The third kappa shape index (κ3) is 2.30. The summed E-state index contributed by atoms with van der Waals surface area (Å²) in [6.07, 6.45) is 5.31. The zero-order valence-corrected chi connectivity index (χ0v) is 9.44. The van der Waals surface area contributed by atoms with E-state index in [0.29, 0.717) is 5.89 Å². The molecule has 0 radical (unpaired) electrons. The van der Waals surface area contributed by atoms with Crippen LogP contribution in [0.5, 0.6) is 0 Å². The van der Waals surface area contributed by atoms with E-state index in [1.54, 1.807) is 0 Å². The quantitative estimate of drug-likeness (QED) is 0.813. The summed E-state index contributed by atoms with van der Waals surface area (Å²) in [5, 5.41) is 0. The number of oxazole rings is 1. The Morgan fingerprint density at radius 1 is 1.12 bits per heavy atom. The van der Waals surface area contributed by atoms with Crippen LogP contribution in [0.25, 0.3) is 0 Å².